The summed E-state index contributed by atoms with van der Waals surface area (Å²) in [4.78, 5) is 28.8. The van der Waals surface area contributed by atoms with Crippen LogP contribution < -0.4 is 5.32 Å². The molecule has 1 unspecified atom stereocenters. The topological polar surface area (TPSA) is 49.4 Å². The standard InChI is InChI=1S/C33H38N2O2/c1-2-8-26-11-6-7-12-31(26)34-33(37)29-15-16-30-28(23-29)14-13-27(32(30)36)19-22-35-20-17-25(18-21-35)24-9-4-3-5-10-24/h3-7,9-12,15-16,23,25,27H,2,8,13-14,17-22H2,1H3,(H,34,37). The predicted molar refractivity (Wildman–Crippen MR) is 150 cm³/mol. The minimum atomic E-state index is -0.111. The number of likely N-dealkylation sites (tertiary alicyclic amines) is 1. The van der Waals surface area contributed by atoms with Crippen molar-refractivity contribution in [3.63, 3.8) is 0 Å². The zero-order valence-corrected chi connectivity index (χ0v) is 21.9. The van der Waals surface area contributed by atoms with E-state index in [9.17, 15) is 9.59 Å². The number of nitrogens with zero attached hydrogens (tertiary/aromatic N) is 1. The molecule has 0 spiro atoms. The summed E-state index contributed by atoms with van der Waals surface area (Å²) in [5.74, 6) is 0.882. The molecule has 4 heteroatoms. The molecule has 1 saturated heterocycles. The number of amides is 1. The Hall–Kier alpha value is -3.24. The Morgan fingerprint density at radius 2 is 1.70 bits per heavy atom. The molecule has 2 aliphatic rings. The normalized spacial score (nSPS) is 18.4. The second kappa shape index (κ2) is 11.9. The van der Waals surface area contributed by atoms with Crippen LogP contribution in [0.3, 0.4) is 0 Å². The molecule has 0 radical (unpaired) electrons. The van der Waals surface area contributed by atoms with E-state index in [0.29, 0.717) is 11.5 Å². The Kier molecular flexibility index (Phi) is 8.15. The summed E-state index contributed by atoms with van der Waals surface area (Å²) in [7, 11) is 0. The second-order valence-electron chi connectivity index (χ2n) is 10.6. The van der Waals surface area contributed by atoms with Gasteiger partial charge in [-0.3, -0.25) is 9.59 Å². The lowest BCUT2D eigenvalue weighted by Gasteiger charge is -2.33. The SMILES string of the molecule is CCCc1ccccc1NC(=O)c1ccc2c(c1)CCC(CCN1CCC(c3ccccc3)CC1)C2=O. The molecule has 0 saturated carbocycles. The zero-order valence-electron chi connectivity index (χ0n) is 21.9. The fourth-order valence-corrected chi connectivity index (χ4v) is 6.02. The van der Waals surface area contributed by atoms with Crippen molar-refractivity contribution in [2.45, 2.75) is 57.8 Å². The van der Waals surface area contributed by atoms with Gasteiger partial charge < -0.3 is 10.2 Å². The van der Waals surface area contributed by atoms with Crippen molar-refractivity contribution >= 4 is 17.4 Å². The molecule has 1 aliphatic carbocycles. The first-order valence-corrected chi connectivity index (χ1v) is 14.0. The summed E-state index contributed by atoms with van der Waals surface area (Å²) in [5.41, 5.74) is 5.92. The molecule has 0 aromatic heterocycles. The number of fused-ring (bicyclic) bond motifs is 1. The van der Waals surface area contributed by atoms with Crippen molar-refractivity contribution in [3.05, 3.63) is 101 Å². The van der Waals surface area contributed by atoms with Crippen LogP contribution in [0.25, 0.3) is 0 Å². The molecule has 1 atom stereocenters. The quantitative estimate of drug-likeness (QED) is 0.370. The van der Waals surface area contributed by atoms with Crippen LogP contribution >= 0.6 is 0 Å². The van der Waals surface area contributed by atoms with E-state index in [1.807, 2.05) is 36.4 Å². The van der Waals surface area contributed by atoms with E-state index in [0.717, 1.165) is 74.1 Å². The van der Waals surface area contributed by atoms with Gasteiger partial charge in [0, 0.05) is 22.7 Å². The van der Waals surface area contributed by atoms with Gasteiger partial charge in [0.1, 0.15) is 0 Å². The third kappa shape index (κ3) is 6.02. The smallest absolute Gasteiger partial charge is 0.255 e. The number of aryl methyl sites for hydroxylation is 2. The Balaban J connectivity index is 1.15. The van der Waals surface area contributed by atoms with E-state index < -0.39 is 0 Å². The van der Waals surface area contributed by atoms with E-state index in [1.54, 1.807) is 0 Å². The van der Waals surface area contributed by atoms with E-state index in [4.69, 9.17) is 0 Å². The van der Waals surface area contributed by atoms with Crippen LogP contribution in [0.1, 0.15) is 82.4 Å². The first-order chi connectivity index (χ1) is 18.1. The number of benzene rings is 3. The first kappa shape index (κ1) is 25.4. The van der Waals surface area contributed by atoms with E-state index in [-0.39, 0.29) is 17.6 Å². The Morgan fingerprint density at radius 1 is 0.946 bits per heavy atom. The van der Waals surface area contributed by atoms with Crippen molar-refractivity contribution in [3.8, 4) is 0 Å². The van der Waals surface area contributed by atoms with Gasteiger partial charge in [-0.1, -0.05) is 67.9 Å². The van der Waals surface area contributed by atoms with Gasteiger partial charge in [-0.2, -0.15) is 0 Å². The average molecular weight is 495 g/mol. The number of hydrogen-bond acceptors (Lipinski definition) is 3. The van der Waals surface area contributed by atoms with Crippen LogP contribution in [-0.2, 0) is 12.8 Å². The van der Waals surface area contributed by atoms with Gasteiger partial charge in [-0.05, 0) is 99.0 Å². The summed E-state index contributed by atoms with van der Waals surface area (Å²) in [6.07, 6.45) is 7.00. The molecule has 1 N–H and O–H groups in total. The number of para-hydroxylation sites is 1. The van der Waals surface area contributed by atoms with Gasteiger partial charge >= 0.3 is 0 Å². The van der Waals surface area contributed by atoms with Gasteiger partial charge in [-0.25, -0.2) is 0 Å². The lowest BCUT2D eigenvalue weighted by molar-refractivity contribution is 0.0876. The van der Waals surface area contributed by atoms with Crippen molar-refractivity contribution < 1.29 is 9.59 Å². The number of ketones is 1. The number of carbonyl (C=O) groups excluding carboxylic acids is 2. The molecule has 5 rings (SSSR count). The number of piperidine rings is 1. The van der Waals surface area contributed by atoms with Gasteiger partial charge in [0.2, 0.25) is 0 Å². The number of anilines is 1. The summed E-state index contributed by atoms with van der Waals surface area (Å²) in [6, 6.07) is 24.4. The molecule has 1 fully saturated rings. The average Bonchev–Trinajstić information content (AvgIpc) is 2.94. The van der Waals surface area contributed by atoms with Gasteiger partial charge in [0.05, 0.1) is 0 Å². The van der Waals surface area contributed by atoms with Gasteiger partial charge in [0.25, 0.3) is 5.91 Å². The second-order valence-corrected chi connectivity index (χ2v) is 10.6. The lowest BCUT2D eigenvalue weighted by Crippen LogP contribution is -2.35. The number of hydrogen-bond donors (Lipinski definition) is 1. The minimum absolute atomic E-state index is 0.0833. The van der Waals surface area contributed by atoms with Gasteiger partial charge in [0.15, 0.2) is 5.78 Å². The molecule has 1 aliphatic heterocycles. The van der Waals surface area contributed by atoms with Crippen molar-refractivity contribution in [2.24, 2.45) is 5.92 Å². The number of Topliss-reactive ketones (excluding diaryl/α,β-unsaturated/α-hetero) is 1. The molecule has 4 nitrogen and oxygen atoms in total. The van der Waals surface area contributed by atoms with Crippen molar-refractivity contribution in [1.82, 2.24) is 4.90 Å². The number of rotatable bonds is 8. The highest BCUT2D eigenvalue weighted by Gasteiger charge is 2.29. The van der Waals surface area contributed by atoms with Crippen LogP contribution in [0.2, 0.25) is 0 Å². The minimum Gasteiger partial charge on any atom is -0.322 e. The molecule has 1 heterocycles. The molecule has 1 amide bonds. The van der Waals surface area contributed by atoms with Crippen molar-refractivity contribution in [1.29, 1.82) is 0 Å². The highest BCUT2D eigenvalue weighted by Crippen LogP contribution is 2.31. The fourth-order valence-electron chi connectivity index (χ4n) is 6.02. The van der Waals surface area contributed by atoms with Crippen LogP contribution in [0.5, 0.6) is 0 Å². The Morgan fingerprint density at radius 3 is 2.49 bits per heavy atom. The molecular formula is C33H38N2O2. The molecule has 0 bridgehead atoms. The third-order valence-electron chi connectivity index (χ3n) is 8.20. The lowest BCUT2D eigenvalue weighted by atomic mass is 9.80. The molecule has 37 heavy (non-hydrogen) atoms. The monoisotopic (exact) mass is 494 g/mol. The highest BCUT2D eigenvalue weighted by molar-refractivity contribution is 6.06. The highest BCUT2D eigenvalue weighted by atomic mass is 16.1. The number of carbonyl (C=O) groups is 2. The number of nitrogens with one attached hydrogen (secondary N) is 1. The third-order valence-corrected chi connectivity index (χ3v) is 8.20. The molecule has 3 aromatic carbocycles. The molecular weight excluding hydrogens is 456 g/mol. The maximum Gasteiger partial charge on any atom is 0.255 e. The summed E-state index contributed by atoms with van der Waals surface area (Å²) < 4.78 is 0. The van der Waals surface area contributed by atoms with E-state index in [2.05, 4.69) is 53.5 Å². The predicted octanol–water partition coefficient (Wildman–Crippen LogP) is 6.91. The Bertz CT molecular complexity index is 1230. The maximum absolute atomic E-state index is 13.3. The van der Waals surface area contributed by atoms with E-state index in [1.165, 1.54) is 18.4 Å². The summed E-state index contributed by atoms with van der Waals surface area (Å²) in [5, 5.41) is 3.08. The van der Waals surface area contributed by atoms with Crippen molar-refractivity contribution in [2.75, 3.05) is 25.0 Å². The van der Waals surface area contributed by atoms with Crippen LogP contribution in [0.15, 0.2) is 72.8 Å². The molecule has 3 aromatic rings. The van der Waals surface area contributed by atoms with Crippen LogP contribution in [0.4, 0.5) is 5.69 Å². The zero-order chi connectivity index (χ0) is 25.6. The largest absolute Gasteiger partial charge is 0.322 e. The summed E-state index contributed by atoms with van der Waals surface area (Å²) in [6.45, 7) is 5.35. The fraction of sp³-hybridized carbons (Fsp3) is 0.394. The van der Waals surface area contributed by atoms with Gasteiger partial charge in [-0.15, -0.1) is 0 Å². The molecule has 192 valence electrons. The maximum atomic E-state index is 13.3. The van der Waals surface area contributed by atoms with Crippen LogP contribution in [-0.4, -0.2) is 36.2 Å². The van der Waals surface area contributed by atoms with E-state index >= 15 is 0 Å². The Labute approximate surface area is 221 Å². The van der Waals surface area contributed by atoms with Crippen LogP contribution in [0, 0.1) is 5.92 Å². The first-order valence-electron chi connectivity index (χ1n) is 14.0. The summed E-state index contributed by atoms with van der Waals surface area (Å²) >= 11 is 0.